The van der Waals surface area contributed by atoms with Crippen LogP contribution in [0.5, 0.6) is 0 Å². The molecule has 130 valence electrons. The number of aliphatic carboxylic acids is 1. The number of carboxylic acid groups (broad SMARTS) is 1. The first-order valence-electron chi connectivity index (χ1n) is 7.87. The van der Waals surface area contributed by atoms with E-state index in [1.807, 2.05) is 25.1 Å². The number of carbonyl (C=O) groups is 2. The number of benzene rings is 1. The minimum atomic E-state index is -0.851. The predicted molar refractivity (Wildman–Crippen MR) is 93.7 cm³/mol. The average molecular weight is 358 g/mol. The zero-order valence-electron chi connectivity index (χ0n) is 13.7. The van der Waals surface area contributed by atoms with Crippen LogP contribution in [-0.4, -0.2) is 45.1 Å². The van der Waals surface area contributed by atoms with E-state index in [9.17, 15) is 9.59 Å². The van der Waals surface area contributed by atoms with Gasteiger partial charge in [0.2, 0.25) is 0 Å². The third kappa shape index (κ3) is 4.27. The molecule has 2 heterocycles. The molecule has 7 nitrogen and oxygen atoms in total. The zero-order valence-corrected chi connectivity index (χ0v) is 14.5. The third-order valence-electron chi connectivity index (χ3n) is 4.02. The summed E-state index contributed by atoms with van der Waals surface area (Å²) < 4.78 is 0. The summed E-state index contributed by atoms with van der Waals surface area (Å²) in [5.41, 5.74) is 1.63. The van der Waals surface area contributed by atoms with Crippen LogP contribution in [-0.2, 0) is 4.79 Å². The second-order valence-electron chi connectivity index (χ2n) is 5.81. The number of nitrogens with one attached hydrogen (secondary N) is 1. The number of carbonyl (C=O) groups excluding carboxylic acids is 1. The maximum Gasteiger partial charge on any atom is 0.321 e. The van der Waals surface area contributed by atoms with E-state index in [0.29, 0.717) is 23.8 Å². The van der Waals surface area contributed by atoms with E-state index in [4.69, 9.17) is 5.11 Å². The van der Waals surface area contributed by atoms with Crippen LogP contribution < -0.4 is 5.32 Å². The summed E-state index contributed by atoms with van der Waals surface area (Å²) in [7, 11) is 0. The number of amides is 2. The highest BCUT2D eigenvalue weighted by Gasteiger charge is 2.30. The Hall–Kier alpha value is -2.61. The highest BCUT2D eigenvalue weighted by atomic mass is 32.2. The summed E-state index contributed by atoms with van der Waals surface area (Å²) in [6, 6.07) is 7.19. The predicted octanol–water partition coefficient (Wildman–Crippen LogP) is 2.87. The molecule has 1 fully saturated rings. The second-order valence-corrected chi connectivity index (χ2v) is 6.85. The molecule has 1 aromatic carbocycles. The van der Waals surface area contributed by atoms with Crippen molar-refractivity contribution in [2.45, 2.75) is 23.4 Å². The summed E-state index contributed by atoms with van der Waals surface area (Å²) in [6.07, 6.45) is 3.88. The molecule has 1 aromatic heterocycles. The first kappa shape index (κ1) is 17.2. The van der Waals surface area contributed by atoms with E-state index in [-0.39, 0.29) is 12.6 Å². The lowest BCUT2D eigenvalue weighted by atomic mass is 10.1. The van der Waals surface area contributed by atoms with Gasteiger partial charge in [0.1, 0.15) is 0 Å². The van der Waals surface area contributed by atoms with E-state index >= 15 is 0 Å². The van der Waals surface area contributed by atoms with Crippen molar-refractivity contribution in [3.8, 4) is 0 Å². The van der Waals surface area contributed by atoms with Crippen molar-refractivity contribution in [2.75, 3.05) is 18.4 Å². The van der Waals surface area contributed by atoms with Crippen molar-refractivity contribution in [1.29, 1.82) is 0 Å². The van der Waals surface area contributed by atoms with E-state index in [1.54, 1.807) is 23.4 Å². The fraction of sp³-hybridized carbons (Fsp3) is 0.294. The van der Waals surface area contributed by atoms with Gasteiger partial charge in [-0.3, -0.25) is 4.79 Å². The Balaban J connectivity index is 1.63. The number of likely N-dealkylation sites (tertiary alicyclic amines) is 1. The van der Waals surface area contributed by atoms with E-state index in [1.165, 1.54) is 11.8 Å². The smallest absolute Gasteiger partial charge is 0.321 e. The number of urea groups is 1. The Bertz CT molecular complexity index is 785. The van der Waals surface area contributed by atoms with Crippen LogP contribution in [0.25, 0.3) is 0 Å². The van der Waals surface area contributed by atoms with Crippen molar-refractivity contribution < 1.29 is 14.7 Å². The summed E-state index contributed by atoms with van der Waals surface area (Å²) in [6.45, 7) is 2.62. The summed E-state index contributed by atoms with van der Waals surface area (Å²) >= 11 is 1.45. The van der Waals surface area contributed by atoms with Gasteiger partial charge < -0.3 is 15.3 Å². The van der Waals surface area contributed by atoms with Gasteiger partial charge in [-0.05, 0) is 54.9 Å². The van der Waals surface area contributed by atoms with Crippen molar-refractivity contribution in [1.82, 2.24) is 14.9 Å². The number of carboxylic acids is 1. The first-order valence-corrected chi connectivity index (χ1v) is 8.69. The molecule has 0 bridgehead atoms. The number of nitrogens with zero attached hydrogens (tertiary/aromatic N) is 3. The molecule has 1 unspecified atom stereocenters. The second kappa shape index (κ2) is 7.52. The molecule has 2 N–H and O–H groups in total. The third-order valence-corrected chi connectivity index (χ3v) is 4.90. The lowest BCUT2D eigenvalue weighted by Gasteiger charge is -2.18. The van der Waals surface area contributed by atoms with Gasteiger partial charge in [0.25, 0.3) is 0 Å². The maximum absolute atomic E-state index is 12.3. The zero-order chi connectivity index (χ0) is 17.8. The first-order chi connectivity index (χ1) is 12.0. The topological polar surface area (TPSA) is 95.4 Å². The fourth-order valence-corrected chi connectivity index (χ4v) is 3.43. The van der Waals surface area contributed by atoms with E-state index in [2.05, 4.69) is 15.3 Å². The van der Waals surface area contributed by atoms with Gasteiger partial charge in [-0.25, -0.2) is 14.8 Å². The number of anilines is 1. The molecule has 0 aliphatic carbocycles. The molecule has 8 heteroatoms. The normalized spacial score (nSPS) is 16.7. The van der Waals surface area contributed by atoms with Crippen LogP contribution in [0.2, 0.25) is 0 Å². The Morgan fingerprint density at radius 2 is 2.08 bits per heavy atom. The molecule has 1 saturated heterocycles. The molecule has 1 atom stereocenters. The molecule has 0 saturated carbocycles. The SMILES string of the molecule is Cc1cc(Sc2ncccn2)ccc1NC(=O)N1CCC(C(=O)O)C1. The van der Waals surface area contributed by atoms with Crippen LogP contribution in [0.3, 0.4) is 0 Å². The Labute approximate surface area is 149 Å². The molecular formula is C17H18N4O3S. The molecule has 2 aromatic rings. The molecule has 1 aliphatic rings. The van der Waals surface area contributed by atoms with Crippen LogP contribution >= 0.6 is 11.8 Å². The molecular weight excluding hydrogens is 340 g/mol. The number of hydrogen-bond donors (Lipinski definition) is 2. The number of aromatic nitrogens is 2. The van der Waals surface area contributed by atoms with Crippen LogP contribution in [0.4, 0.5) is 10.5 Å². The van der Waals surface area contributed by atoms with Crippen LogP contribution in [0.1, 0.15) is 12.0 Å². The lowest BCUT2D eigenvalue weighted by molar-refractivity contribution is -0.141. The molecule has 25 heavy (non-hydrogen) atoms. The highest BCUT2D eigenvalue weighted by molar-refractivity contribution is 7.99. The summed E-state index contributed by atoms with van der Waals surface area (Å²) in [5.74, 6) is -1.33. The van der Waals surface area contributed by atoms with Crippen molar-refractivity contribution in [3.05, 3.63) is 42.2 Å². The molecule has 1 aliphatic heterocycles. The largest absolute Gasteiger partial charge is 0.481 e. The average Bonchev–Trinajstić information content (AvgIpc) is 3.09. The minimum absolute atomic E-state index is 0.249. The van der Waals surface area contributed by atoms with Gasteiger partial charge in [0.15, 0.2) is 5.16 Å². The molecule has 0 spiro atoms. The molecule has 3 rings (SSSR count). The number of aryl methyl sites for hydroxylation is 1. The van der Waals surface area contributed by atoms with E-state index < -0.39 is 11.9 Å². The van der Waals surface area contributed by atoms with Gasteiger partial charge in [-0.15, -0.1) is 0 Å². The minimum Gasteiger partial charge on any atom is -0.481 e. The highest BCUT2D eigenvalue weighted by Crippen LogP contribution is 2.28. The van der Waals surface area contributed by atoms with Gasteiger partial charge in [0.05, 0.1) is 5.92 Å². The van der Waals surface area contributed by atoms with Crippen LogP contribution in [0, 0.1) is 12.8 Å². The van der Waals surface area contributed by atoms with Gasteiger partial charge in [-0.2, -0.15) is 0 Å². The van der Waals surface area contributed by atoms with Gasteiger partial charge in [-0.1, -0.05) is 0 Å². The summed E-state index contributed by atoms with van der Waals surface area (Å²) in [4.78, 5) is 34.2. The molecule has 2 amide bonds. The monoisotopic (exact) mass is 358 g/mol. The number of rotatable bonds is 4. The van der Waals surface area contributed by atoms with Crippen molar-refractivity contribution in [3.63, 3.8) is 0 Å². The van der Waals surface area contributed by atoms with E-state index in [0.717, 1.165) is 10.5 Å². The quantitative estimate of drug-likeness (QED) is 0.816. The van der Waals surface area contributed by atoms with Gasteiger partial charge >= 0.3 is 12.0 Å². The standard InChI is InChI=1S/C17H18N4O3S/c1-11-9-13(25-16-18-6-2-7-19-16)3-4-14(11)20-17(24)21-8-5-12(10-21)15(22)23/h2-4,6-7,9,12H,5,8,10H2,1H3,(H,20,24)(H,22,23). The fourth-order valence-electron chi connectivity index (χ4n) is 2.62. The van der Waals surface area contributed by atoms with Crippen molar-refractivity contribution in [2.24, 2.45) is 5.92 Å². The Morgan fingerprint density at radius 1 is 1.32 bits per heavy atom. The molecule has 0 radical (unpaired) electrons. The maximum atomic E-state index is 12.3. The Morgan fingerprint density at radius 3 is 2.72 bits per heavy atom. The van der Waals surface area contributed by atoms with Crippen molar-refractivity contribution >= 4 is 29.4 Å². The number of hydrogen-bond acceptors (Lipinski definition) is 5. The summed E-state index contributed by atoms with van der Waals surface area (Å²) in [5, 5.41) is 12.5. The lowest BCUT2D eigenvalue weighted by Crippen LogP contribution is -2.34. The van der Waals surface area contributed by atoms with Crippen LogP contribution in [0.15, 0.2) is 46.7 Å². The Kier molecular flexibility index (Phi) is 5.18. The van der Waals surface area contributed by atoms with Gasteiger partial charge in [0, 0.05) is 36.1 Å².